The molecule has 1 amide bonds. The van der Waals surface area contributed by atoms with Crippen LogP contribution in [0.15, 0.2) is 18.2 Å². The summed E-state index contributed by atoms with van der Waals surface area (Å²) in [6.45, 7) is 10.9. The predicted molar refractivity (Wildman–Crippen MR) is 94.1 cm³/mol. The van der Waals surface area contributed by atoms with Gasteiger partial charge in [0.15, 0.2) is 0 Å². The normalized spacial score (nSPS) is 22.7. The van der Waals surface area contributed by atoms with E-state index in [1.807, 2.05) is 0 Å². The van der Waals surface area contributed by atoms with E-state index in [0.717, 1.165) is 39.3 Å². The SMILES string of the molecule is CCN1CCN(c2ccc(C(=O)N3CCN[C@H](C)C3)cc2F)CC1. The lowest BCUT2D eigenvalue weighted by atomic mass is 10.1. The zero-order chi connectivity index (χ0) is 17.1. The second-order valence-corrected chi connectivity index (χ2v) is 6.69. The van der Waals surface area contributed by atoms with Crippen LogP contribution < -0.4 is 10.2 Å². The molecule has 24 heavy (non-hydrogen) atoms. The highest BCUT2D eigenvalue weighted by Crippen LogP contribution is 2.23. The molecule has 2 aliphatic rings. The van der Waals surface area contributed by atoms with Crippen molar-refractivity contribution in [3.63, 3.8) is 0 Å². The van der Waals surface area contributed by atoms with E-state index in [1.165, 1.54) is 6.07 Å². The van der Waals surface area contributed by atoms with Crippen LogP contribution in [0.3, 0.4) is 0 Å². The maximum absolute atomic E-state index is 14.6. The van der Waals surface area contributed by atoms with Crippen molar-refractivity contribution in [2.24, 2.45) is 0 Å². The fourth-order valence-electron chi connectivity index (χ4n) is 3.50. The molecule has 0 bridgehead atoms. The van der Waals surface area contributed by atoms with Gasteiger partial charge in [0.1, 0.15) is 5.82 Å². The van der Waals surface area contributed by atoms with Crippen LogP contribution in [0.1, 0.15) is 24.2 Å². The molecule has 0 unspecified atom stereocenters. The van der Waals surface area contributed by atoms with E-state index < -0.39 is 0 Å². The van der Waals surface area contributed by atoms with Gasteiger partial charge in [0.05, 0.1) is 5.69 Å². The first kappa shape index (κ1) is 17.2. The molecule has 2 fully saturated rings. The Bertz CT molecular complexity index is 586. The lowest BCUT2D eigenvalue weighted by Gasteiger charge is -2.36. The molecule has 0 saturated carbocycles. The number of carbonyl (C=O) groups is 1. The minimum atomic E-state index is -0.297. The number of likely N-dealkylation sites (N-methyl/N-ethyl adjacent to an activating group) is 1. The Hall–Kier alpha value is -1.66. The summed E-state index contributed by atoms with van der Waals surface area (Å²) in [5, 5.41) is 3.31. The largest absolute Gasteiger partial charge is 0.367 e. The summed E-state index contributed by atoms with van der Waals surface area (Å²) in [5.74, 6) is -0.376. The summed E-state index contributed by atoms with van der Waals surface area (Å²) in [6.07, 6.45) is 0. The average molecular weight is 334 g/mol. The van der Waals surface area contributed by atoms with Crippen LogP contribution in [-0.4, -0.2) is 74.1 Å². The van der Waals surface area contributed by atoms with E-state index >= 15 is 0 Å². The molecule has 1 atom stereocenters. The third kappa shape index (κ3) is 3.70. The molecule has 5 nitrogen and oxygen atoms in total. The summed E-state index contributed by atoms with van der Waals surface area (Å²) in [6, 6.07) is 5.20. The van der Waals surface area contributed by atoms with Crippen LogP contribution in [0, 0.1) is 5.82 Å². The molecule has 1 N–H and O–H groups in total. The first-order chi connectivity index (χ1) is 11.6. The molecule has 0 radical (unpaired) electrons. The number of nitrogens with one attached hydrogen (secondary N) is 1. The number of halogens is 1. The molecule has 0 aliphatic carbocycles. The highest BCUT2D eigenvalue weighted by Gasteiger charge is 2.24. The van der Waals surface area contributed by atoms with Gasteiger partial charge in [-0.25, -0.2) is 4.39 Å². The Kier molecular flexibility index (Phi) is 5.36. The van der Waals surface area contributed by atoms with Gasteiger partial charge in [0.2, 0.25) is 0 Å². The van der Waals surface area contributed by atoms with E-state index in [9.17, 15) is 9.18 Å². The molecular weight excluding hydrogens is 307 g/mol. The molecule has 1 aromatic rings. The monoisotopic (exact) mass is 334 g/mol. The van der Waals surface area contributed by atoms with Crippen LogP contribution in [0.25, 0.3) is 0 Å². The standard InChI is InChI=1S/C18H27FN4O/c1-3-21-8-10-22(11-9-21)17-5-4-15(12-16(17)19)18(24)23-7-6-20-14(2)13-23/h4-5,12,14,20H,3,6-11,13H2,1-2H3/t14-/m1/s1. The van der Waals surface area contributed by atoms with Crippen molar-refractivity contribution in [3.8, 4) is 0 Å². The lowest BCUT2D eigenvalue weighted by Crippen LogP contribution is -2.51. The Labute approximate surface area is 143 Å². The van der Waals surface area contributed by atoms with E-state index in [0.29, 0.717) is 24.3 Å². The third-order valence-corrected chi connectivity index (χ3v) is 5.01. The first-order valence-electron chi connectivity index (χ1n) is 8.88. The van der Waals surface area contributed by atoms with Gasteiger partial charge in [-0.1, -0.05) is 6.92 Å². The van der Waals surface area contributed by atoms with Crippen molar-refractivity contribution in [3.05, 3.63) is 29.6 Å². The second-order valence-electron chi connectivity index (χ2n) is 6.69. The number of anilines is 1. The highest BCUT2D eigenvalue weighted by molar-refractivity contribution is 5.94. The number of hydrogen-bond acceptors (Lipinski definition) is 4. The van der Waals surface area contributed by atoms with Gasteiger partial charge in [0.25, 0.3) is 5.91 Å². The summed E-state index contributed by atoms with van der Waals surface area (Å²) in [4.78, 5) is 18.8. The molecule has 6 heteroatoms. The molecule has 132 valence electrons. The van der Waals surface area contributed by atoms with Crippen molar-refractivity contribution < 1.29 is 9.18 Å². The summed E-state index contributed by atoms with van der Waals surface area (Å²) in [7, 11) is 0. The summed E-state index contributed by atoms with van der Waals surface area (Å²) in [5.41, 5.74) is 1.05. The van der Waals surface area contributed by atoms with Crippen LogP contribution in [-0.2, 0) is 0 Å². The lowest BCUT2D eigenvalue weighted by molar-refractivity contribution is 0.0708. The number of nitrogens with zero attached hydrogens (tertiary/aromatic N) is 3. The van der Waals surface area contributed by atoms with E-state index in [1.54, 1.807) is 17.0 Å². The van der Waals surface area contributed by atoms with Gasteiger partial charge in [-0.15, -0.1) is 0 Å². The number of hydrogen-bond donors (Lipinski definition) is 1. The van der Waals surface area contributed by atoms with Crippen LogP contribution >= 0.6 is 0 Å². The Morgan fingerprint density at radius 1 is 1.25 bits per heavy atom. The highest BCUT2D eigenvalue weighted by atomic mass is 19.1. The summed E-state index contributed by atoms with van der Waals surface area (Å²) >= 11 is 0. The number of amides is 1. The average Bonchev–Trinajstić information content (AvgIpc) is 2.61. The van der Waals surface area contributed by atoms with Gasteiger partial charge in [-0.05, 0) is 31.7 Å². The van der Waals surface area contributed by atoms with E-state index in [-0.39, 0.29) is 17.8 Å². The van der Waals surface area contributed by atoms with E-state index in [4.69, 9.17) is 0 Å². The Morgan fingerprint density at radius 2 is 2.00 bits per heavy atom. The quantitative estimate of drug-likeness (QED) is 0.907. The van der Waals surface area contributed by atoms with Crippen molar-refractivity contribution in [2.75, 3.05) is 57.3 Å². The minimum absolute atomic E-state index is 0.0791. The smallest absolute Gasteiger partial charge is 0.254 e. The zero-order valence-corrected chi connectivity index (χ0v) is 14.6. The summed E-state index contributed by atoms with van der Waals surface area (Å²) < 4.78 is 14.6. The molecule has 2 saturated heterocycles. The van der Waals surface area contributed by atoms with E-state index in [2.05, 4.69) is 29.0 Å². The maximum Gasteiger partial charge on any atom is 0.254 e. The molecule has 1 aromatic carbocycles. The first-order valence-corrected chi connectivity index (χ1v) is 8.88. The van der Waals surface area contributed by atoms with Crippen molar-refractivity contribution in [1.29, 1.82) is 0 Å². The van der Waals surface area contributed by atoms with Gasteiger partial charge in [-0.3, -0.25) is 4.79 Å². The molecule has 0 aromatic heterocycles. The molecular formula is C18H27FN4O. The fourth-order valence-corrected chi connectivity index (χ4v) is 3.50. The van der Waals surface area contributed by atoms with Gasteiger partial charge >= 0.3 is 0 Å². The van der Waals surface area contributed by atoms with Crippen molar-refractivity contribution in [2.45, 2.75) is 19.9 Å². The number of piperazine rings is 2. The number of benzene rings is 1. The topological polar surface area (TPSA) is 38.8 Å². The van der Waals surface area contributed by atoms with Crippen LogP contribution in [0.4, 0.5) is 10.1 Å². The third-order valence-electron chi connectivity index (χ3n) is 5.01. The zero-order valence-electron chi connectivity index (χ0n) is 14.6. The molecule has 2 aliphatic heterocycles. The fraction of sp³-hybridized carbons (Fsp3) is 0.611. The van der Waals surface area contributed by atoms with Crippen LogP contribution in [0.2, 0.25) is 0 Å². The molecule has 2 heterocycles. The van der Waals surface area contributed by atoms with Gasteiger partial charge in [-0.2, -0.15) is 0 Å². The number of rotatable bonds is 3. The second kappa shape index (κ2) is 7.49. The maximum atomic E-state index is 14.6. The predicted octanol–water partition coefficient (Wildman–Crippen LogP) is 1.40. The van der Waals surface area contributed by atoms with Crippen molar-refractivity contribution in [1.82, 2.24) is 15.1 Å². The minimum Gasteiger partial charge on any atom is -0.367 e. The van der Waals surface area contributed by atoms with Crippen molar-refractivity contribution >= 4 is 11.6 Å². The molecule has 0 spiro atoms. The van der Waals surface area contributed by atoms with Crippen LogP contribution in [0.5, 0.6) is 0 Å². The molecule has 3 rings (SSSR count). The van der Waals surface area contributed by atoms with Gasteiger partial charge < -0.3 is 20.0 Å². The van der Waals surface area contributed by atoms with Gasteiger partial charge in [0, 0.05) is 57.4 Å². The Morgan fingerprint density at radius 3 is 2.62 bits per heavy atom. The Balaban J connectivity index is 1.69. The number of carbonyl (C=O) groups excluding carboxylic acids is 1.